The average Bonchev–Trinajstić information content (AvgIpc) is 2.93. The highest BCUT2D eigenvalue weighted by molar-refractivity contribution is 6.35. The minimum absolute atomic E-state index is 0.117. The Morgan fingerprint density at radius 2 is 2.05 bits per heavy atom. The average molecular weight is 295 g/mol. The van der Waals surface area contributed by atoms with E-state index in [2.05, 4.69) is 10.3 Å². The van der Waals surface area contributed by atoms with Gasteiger partial charge < -0.3 is 10.3 Å². The van der Waals surface area contributed by atoms with Gasteiger partial charge in [0.2, 0.25) is 0 Å². The molecule has 98 valence electrons. The molecule has 0 spiro atoms. The van der Waals surface area contributed by atoms with E-state index >= 15 is 0 Å². The number of halogens is 2. The first-order chi connectivity index (χ1) is 9.11. The number of aromatic amines is 1. The molecule has 1 saturated carbocycles. The zero-order chi connectivity index (χ0) is 13.5. The van der Waals surface area contributed by atoms with Gasteiger partial charge in [-0.15, -0.1) is 0 Å². The van der Waals surface area contributed by atoms with Crippen LogP contribution in [0.25, 0.3) is 0 Å². The van der Waals surface area contributed by atoms with Crippen LogP contribution in [0.3, 0.4) is 0 Å². The van der Waals surface area contributed by atoms with Crippen LogP contribution in [0.1, 0.15) is 28.9 Å². The second-order valence-electron chi connectivity index (χ2n) is 4.74. The maximum atomic E-state index is 12.1. The van der Waals surface area contributed by atoms with Gasteiger partial charge >= 0.3 is 0 Å². The first-order valence-corrected chi connectivity index (χ1v) is 6.78. The molecule has 1 aliphatic rings. The summed E-state index contributed by atoms with van der Waals surface area (Å²) < 4.78 is 0. The van der Waals surface area contributed by atoms with E-state index in [9.17, 15) is 4.79 Å². The van der Waals surface area contributed by atoms with E-state index in [1.54, 1.807) is 30.5 Å². The molecule has 3 rings (SSSR count). The number of H-pyrrole nitrogens is 1. The van der Waals surface area contributed by atoms with E-state index in [1.165, 1.54) is 0 Å². The number of carbonyl (C=O) groups is 1. The Balaban J connectivity index is 1.86. The van der Waals surface area contributed by atoms with Crippen LogP contribution in [0.5, 0.6) is 0 Å². The van der Waals surface area contributed by atoms with Crippen LogP contribution in [-0.4, -0.2) is 10.9 Å². The van der Waals surface area contributed by atoms with Gasteiger partial charge in [0, 0.05) is 16.2 Å². The highest BCUT2D eigenvalue weighted by atomic mass is 35.5. The van der Waals surface area contributed by atoms with Crippen molar-refractivity contribution in [3.8, 4) is 0 Å². The molecule has 1 amide bonds. The van der Waals surface area contributed by atoms with Crippen LogP contribution in [0, 0.1) is 0 Å². The standard InChI is InChI=1S/C14H12Cl2N2O/c15-9-3-4-10(11(16)8-9)14(5-6-14)18-13(19)12-2-1-7-17-12/h1-4,7-8,17H,5-6H2,(H,18,19). The summed E-state index contributed by atoms with van der Waals surface area (Å²) in [5.74, 6) is -0.117. The predicted octanol–water partition coefficient (Wildman–Crippen LogP) is 3.74. The van der Waals surface area contributed by atoms with Crippen LogP contribution in [0.2, 0.25) is 10.0 Å². The molecule has 0 saturated heterocycles. The highest BCUT2D eigenvalue weighted by Gasteiger charge is 2.47. The Morgan fingerprint density at radius 1 is 1.26 bits per heavy atom. The normalized spacial score (nSPS) is 16.1. The lowest BCUT2D eigenvalue weighted by Gasteiger charge is -2.19. The molecule has 1 aliphatic carbocycles. The summed E-state index contributed by atoms with van der Waals surface area (Å²) in [5, 5.41) is 4.24. The summed E-state index contributed by atoms with van der Waals surface area (Å²) in [6, 6.07) is 8.92. The first kappa shape index (κ1) is 12.6. The SMILES string of the molecule is O=C(NC1(c2ccc(Cl)cc2Cl)CC1)c1ccc[nH]1. The largest absolute Gasteiger partial charge is 0.357 e. The molecular weight excluding hydrogens is 283 g/mol. The number of carbonyl (C=O) groups excluding carboxylic acids is 1. The number of nitrogens with one attached hydrogen (secondary N) is 2. The van der Waals surface area contributed by atoms with Crippen LogP contribution < -0.4 is 5.32 Å². The van der Waals surface area contributed by atoms with Gasteiger partial charge in [0.15, 0.2) is 0 Å². The molecule has 0 atom stereocenters. The number of aromatic nitrogens is 1. The lowest BCUT2D eigenvalue weighted by atomic mass is 10.0. The minimum Gasteiger partial charge on any atom is -0.357 e. The van der Waals surface area contributed by atoms with E-state index in [0.29, 0.717) is 15.7 Å². The lowest BCUT2D eigenvalue weighted by molar-refractivity contribution is 0.0926. The molecule has 5 heteroatoms. The fourth-order valence-corrected chi connectivity index (χ4v) is 2.81. The molecule has 1 fully saturated rings. The van der Waals surface area contributed by atoms with Crippen molar-refractivity contribution in [1.82, 2.24) is 10.3 Å². The van der Waals surface area contributed by atoms with E-state index in [1.807, 2.05) is 6.07 Å². The molecule has 1 aromatic carbocycles. The molecule has 0 aliphatic heterocycles. The summed E-state index contributed by atoms with van der Waals surface area (Å²) in [5.41, 5.74) is 1.14. The summed E-state index contributed by atoms with van der Waals surface area (Å²) in [7, 11) is 0. The van der Waals surface area contributed by atoms with Crippen molar-refractivity contribution in [3.63, 3.8) is 0 Å². The van der Waals surface area contributed by atoms with Crippen molar-refractivity contribution in [3.05, 3.63) is 57.8 Å². The smallest absolute Gasteiger partial charge is 0.268 e. The quantitative estimate of drug-likeness (QED) is 0.890. The lowest BCUT2D eigenvalue weighted by Crippen LogP contribution is -2.35. The third-order valence-corrected chi connectivity index (χ3v) is 3.94. The van der Waals surface area contributed by atoms with Crippen LogP contribution >= 0.6 is 23.2 Å². The van der Waals surface area contributed by atoms with Gasteiger partial charge in [-0.3, -0.25) is 4.79 Å². The summed E-state index contributed by atoms with van der Waals surface area (Å²) in [6.45, 7) is 0. The van der Waals surface area contributed by atoms with Gasteiger partial charge in [0.25, 0.3) is 5.91 Å². The summed E-state index contributed by atoms with van der Waals surface area (Å²) >= 11 is 12.1. The van der Waals surface area contributed by atoms with Crippen molar-refractivity contribution < 1.29 is 4.79 Å². The second-order valence-corrected chi connectivity index (χ2v) is 5.59. The maximum Gasteiger partial charge on any atom is 0.268 e. The van der Waals surface area contributed by atoms with Crippen LogP contribution in [-0.2, 0) is 5.54 Å². The number of hydrogen-bond acceptors (Lipinski definition) is 1. The molecule has 1 aromatic heterocycles. The highest BCUT2D eigenvalue weighted by Crippen LogP contribution is 2.48. The van der Waals surface area contributed by atoms with Gasteiger partial charge in [-0.2, -0.15) is 0 Å². The summed E-state index contributed by atoms with van der Waals surface area (Å²) in [6.07, 6.45) is 3.51. The third kappa shape index (κ3) is 2.36. The van der Waals surface area contributed by atoms with E-state index in [-0.39, 0.29) is 11.4 Å². The van der Waals surface area contributed by atoms with Crippen LogP contribution in [0.15, 0.2) is 36.5 Å². The monoisotopic (exact) mass is 294 g/mol. The van der Waals surface area contributed by atoms with Crippen molar-refractivity contribution in [1.29, 1.82) is 0 Å². The van der Waals surface area contributed by atoms with Gasteiger partial charge in [-0.25, -0.2) is 0 Å². The van der Waals surface area contributed by atoms with Gasteiger partial charge in [-0.05, 0) is 42.7 Å². The number of benzene rings is 1. The van der Waals surface area contributed by atoms with Crippen LogP contribution in [0.4, 0.5) is 0 Å². The Bertz CT molecular complexity index is 618. The molecule has 3 nitrogen and oxygen atoms in total. The molecule has 0 bridgehead atoms. The Morgan fingerprint density at radius 3 is 2.63 bits per heavy atom. The van der Waals surface area contributed by atoms with Gasteiger partial charge in [0.05, 0.1) is 5.54 Å². The topological polar surface area (TPSA) is 44.9 Å². The minimum atomic E-state index is -0.343. The third-order valence-electron chi connectivity index (χ3n) is 3.39. The Kier molecular flexibility index (Phi) is 3.03. The van der Waals surface area contributed by atoms with Crippen molar-refractivity contribution in [2.45, 2.75) is 18.4 Å². The van der Waals surface area contributed by atoms with Crippen molar-refractivity contribution in [2.75, 3.05) is 0 Å². The number of hydrogen-bond donors (Lipinski definition) is 2. The molecule has 0 radical (unpaired) electrons. The fourth-order valence-electron chi connectivity index (χ4n) is 2.22. The number of rotatable bonds is 3. The van der Waals surface area contributed by atoms with E-state index < -0.39 is 0 Å². The van der Waals surface area contributed by atoms with Gasteiger partial charge in [0.1, 0.15) is 5.69 Å². The van der Waals surface area contributed by atoms with E-state index in [0.717, 1.165) is 18.4 Å². The Hall–Kier alpha value is -1.45. The molecule has 2 aromatic rings. The fraction of sp³-hybridized carbons (Fsp3) is 0.214. The zero-order valence-corrected chi connectivity index (χ0v) is 11.6. The molecular formula is C14H12Cl2N2O. The molecule has 1 heterocycles. The summed E-state index contributed by atoms with van der Waals surface area (Å²) in [4.78, 5) is 15.0. The molecule has 19 heavy (non-hydrogen) atoms. The van der Waals surface area contributed by atoms with Crippen molar-refractivity contribution >= 4 is 29.1 Å². The zero-order valence-electron chi connectivity index (χ0n) is 10.0. The molecule has 0 unspecified atom stereocenters. The molecule has 2 N–H and O–H groups in total. The maximum absolute atomic E-state index is 12.1. The van der Waals surface area contributed by atoms with Crippen molar-refractivity contribution in [2.24, 2.45) is 0 Å². The number of amides is 1. The predicted molar refractivity (Wildman–Crippen MR) is 75.6 cm³/mol. The second kappa shape index (κ2) is 4.58. The van der Waals surface area contributed by atoms with Gasteiger partial charge in [-0.1, -0.05) is 29.3 Å². The first-order valence-electron chi connectivity index (χ1n) is 6.02. The Labute approximate surface area is 120 Å². The van der Waals surface area contributed by atoms with E-state index in [4.69, 9.17) is 23.2 Å².